The SMILES string of the molecule is CC1CCCC1CS(N)(=O)=O. The molecule has 0 amide bonds. The molecule has 0 heterocycles. The molecule has 2 N–H and O–H groups in total. The summed E-state index contributed by atoms with van der Waals surface area (Å²) in [6.45, 7) is 2.10. The Morgan fingerprint density at radius 2 is 2.09 bits per heavy atom. The maximum atomic E-state index is 10.7. The first kappa shape index (κ1) is 9.00. The largest absolute Gasteiger partial charge is 0.229 e. The van der Waals surface area contributed by atoms with Gasteiger partial charge in [-0.2, -0.15) is 0 Å². The van der Waals surface area contributed by atoms with Gasteiger partial charge in [0.2, 0.25) is 10.0 Å². The van der Waals surface area contributed by atoms with Gasteiger partial charge in [-0.1, -0.05) is 19.8 Å². The van der Waals surface area contributed by atoms with Gasteiger partial charge in [0, 0.05) is 0 Å². The van der Waals surface area contributed by atoms with Crippen molar-refractivity contribution in [3.05, 3.63) is 0 Å². The van der Waals surface area contributed by atoms with Crippen molar-refractivity contribution in [1.82, 2.24) is 0 Å². The molecule has 1 saturated carbocycles. The van der Waals surface area contributed by atoms with Gasteiger partial charge in [0.25, 0.3) is 0 Å². The van der Waals surface area contributed by atoms with Gasteiger partial charge < -0.3 is 0 Å². The topological polar surface area (TPSA) is 60.2 Å². The van der Waals surface area contributed by atoms with Crippen molar-refractivity contribution in [1.29, 1.82) is 0 Å². The van der Waals surface area contributed by atoms with Gasteiger partial charge in [0.15, 0.2) is 0 Å². The molecule has 1 aliphatic rings. The molecule has 3 nitrogen and oxygen atoms in total. The molecule has 0 aromatic carbocycles. The Morgan fingerprint density at radius 1 is 1.45 bits per heavy atom. The fourth-order valence-electron chi connectivity index (χ4n) is 1.77. The van der Waals surface area contributed by atoms with E-state index in [1.165, 1.54) is 0 Å². The van der Waals surface area contributed by atoms with Crippen LogP contribution >= 0.6 is 0 Å². The minimum atomic E-state index is -3.24. The summed E-state index contributed by atoms with van der Waals surface area (Å²) in [6, 6.07) is 0. The van der Waals surface area contributed by atoms with E-state index < -0.39 is 10.0 Å². The van der Waals surface area contributed by atoms with E-state index in [-0.39, 0.29) is 5.75 Å². The molecule has 0 aliphatic heterocycles. The molecule has 0 saturated heterocycles. The van der Waals surface area contributed by atoms with E-state index in [1.54, 1.807) is 0 Å². The Hall–Kier alpha value is -0.0900. The minimum Gasteiger partial charge on any atom is -0.229 e. The lowest BCUT2D eigenvalue weighted by molar-refractivity contribution is 0.453. The van der Waals surface area contributed by atoms with Crippen LogP contribution in [0.3, 0.4) is 0 Å². The van der Waals surface area contributed by atoms with Gasteiger partial charge in [0.1, 0.15) is 0 Å². The summed E-state index contributed by atoms with van der Waals surface area (Å²) in [6.07, 6.45) is 3.33. The molecule has 66 valence electrons. The molecule has 1 rings (SSSR count). The average molecular weight is 177 g/mol. The highest BCUT2D eigenvalue weighted by molar-refractivity contribution is 7.89. The van der Waals surface area contributed by atoms with Crippen LogP contribution in [-0.2, 0) is 10.0 Å². The van der Waals surface area contributed by atoms with Gasteiger partial charge in [-0.15, -0.1) is 0 Å². The van der Waals surface area contributed by atoms with E-state index in [0.29, 0.717) is 11.8 Å². The molecule has 1 aliphatic carbocycles. The second-order valence-electron chi connectivity index (χ2n) is 3.50. The van der Waals surface area contributed by atoms with Gasteiger partial charge in [-0.05, 0) is 18.3 Å². The molecule has 2 unspecified atom stereocenters. The van der Waals surface area contributed by atoms with Crippen LogP contribution in [-0.4, -0.2) is 14.2 Å². The van der Waals surface area contributed by atoms with Gasteiger partial charge in [0.05, 0.1) is 5.75 Å². The highest BCUT2D eigenvalue weighted by Crippen LogP contribution is 2.31. The lowest BCUT2D eigenvalue weighted by atomic mass is 10.0. The number of sulfonamides is 1. The number of hydrogen-bond acceptors (Lipinski definition) is 2. The van der Waals surface area contributed by atoms with E-state index >= 15 is 0 Å². The van der Waals surface area contributed by atoms with Gasteiger partial charge in [-0.25, -0.2) is 13.6 Å². The number of nitrogens with two attached hydrogens (primary N) is 1. The molecule has 11 heavy (non-hydrogen) atoms. The van der Waals surface area contributed by atoms with Crippen LogP contribution < -0.4 is 5.14 Å². The summed E-state index contributed by atoms with van der Waals surface area (Å²) in [5, 5.41) is 4.95. The maximum absolute atomic E-state index is 10.7. The minimum absolute atomic E-state index is 0.175. The van der Waals surface area contributed by atoms with E-state index in [9.17, 15) is 8.42 Å². The van der Waals surface area contributed by atoms with Crippen LogP contribution in [0.5, 0.6) is 0 Å². The van der Waals surface area contributed by atoms with Gasteiger partial charge >= 0.3 is 0 Å². The molecule has 1 fully saturated rings. The molecular weight excluding hydrogens is 162 g/mol. The summed E-state index contributed by atoms with van der Waals surface area (Å²) in [4.78, 5) is 0. The molecule has 0 aromatic rings. The highest BCUT2D eigenvalue weighted by Gasteiger charge is 2.26. The summed E-state index contributed by atoms with van der Waals surface area (Å²) in [5.74, 6) is 1.02. The fraction of sp³-hybridized carbons (Fsp3) is 1.00. The standard InChI is InChI=1S/C7H15NO2S/c1-6-3-2-4-7(6)5-11(8,9)10/h6-7H,2-5H2,1H3,(H2,8,9,10). The zero-order chi connectivity index (χ0) is 8.48. The summed E-state index contributed by atoms with van der Waals surface area (Å²) in [7, 11) is -3.24. The van der Waals surface area contributed by atoms with E-state index in [1.807, 2.05) is 0 Å². The predicted molar refractivity (Wildman–Crippen MR) is 44.5 cm³/mol. The van der Waals surface area contributed by atoms with Crippen LogP contribution in [0.15, 0.2) is 0 Å². The first-order valence-electron chi connectivity index (χ1n) is 3.99. The highest BCUT2D eigenvalue weighted by atomic mass is 32.2. The normalized spacial score (nSPS) is 32.5. The average Bonchev–Trinajstić information content (AvgIpc) is 2.12. The monoisotopic (exact) mass is 177 g/mol. The quantitative estimate of drug-likeness (QED) is 0.675. The summed E-state index contributed by atoms with van der Waals surface area (Å²) in [5.41, 5.74) is 0. The third-order valence-corrected chi connectivity index (χ3v) is 3.38. The summed E-state index contributed by atoms with van der Waals surface area (Å²) < 4.78 is 21.4. The first-order valence-corrected chi connectivity index (χ1v) is 5.71. The van der Waals surface area contributed by atoms with E-state index in [0.717, 1.165) is 19.3 Å². The lowest BCUT2D eigenvalue weighted by Crippen LogP contribution is -2.24. The molecule has 0 aromatic heterocycles. The zero-order valence-corrected chi connectivity index (χ0v) is 7.60. The maximum Gasteiger partial charge on any atom is 0.209 e. The second-order valence-corrected chi connectivity index (χ2v) is 5.16. The second kappa shape index (κ2) is 3.11. The lowest BCUT2D eigenvalue weighted by Gasteiger charge is -2.12. The van der Waals surface area contributed by atoms with Crippen LogP contribution in [0.4, 0.5) is 0 Å². The molecule has 0 radical (unpaired) electrons. The van der Waals surface area contributed by atoms with Crippen molar-refractivity contribution in [2.45, 2.75) is 26.2 Å². The molecule has 4 heteroatoms. The van der Waals surface area contributed by atoms with Crippen molar-refractivity contribution < 1.29 is 8.42 Å². The van der Waals surface area contributed by atoms with E-state index in [2.05, 4.69) is 6.92 Å². The van der Waals surface area contributed by atoms with E-state index in [4.69, 9.17) is 5.14 Å². The fourth-order valence-corrected chi connectivity index (χ4v) is 2.86. The summed E-state index contributed by atoms with van der Waals surface area (Å²) >= 11 is 0. The van der Waals surface area contributed by atoms with Crippen molar-refractivity contribution in [3.63, 3.8) is 0 Å². The number of primary sulfonamides is 1. The zero-order valence-electron chi connectivity index (χ0n) is 6.79. The Bertz CT molecular complexity index is 223. The Balaban J connectivity index is 2.50. The third-order valence-electron chi connectivity index (χ3n) is 2.49. The molecule has 2 atom stereocenters. The van der Waals surface area contributed by atoms with Gasteiger partial charge in [-0.3, -0.25) is 0 Å². The van der Waals surface area contributed by atoms with Crippen molar-refractivity contribution >= 4 is 10.0 Å². The number of hydrogen-bond donors (Lipinski definition) is 1. The molecule has 0 bridgehead atoms. The smallest absolute Gasteiger partial charge is 0.209 e. The van der Waals surface area contributed by atoms with Crippen LogP contribution in [0.25, 0.3) is 0 Å². The van der Waals surface area contributed by atoms with Crippen molar-refractivity contribution in [2.24, 2.45) is 17.0 Å². The Labute approximate surface area is 68.0 Å². The Morgan fingerprint density at radius 3 is 2.45 bits per heavy atom. The number of rotatable bonds is 2. The first-order chi connectivity index (χ1) is 4.99. The van der Waals surface area contributed by atoms with Crippen LogP contribution in [0.1, 0.15) is 26.2 Å². The van der Waals surface area contributed by atoms with Crippen molar-refractivity contribution in [3.8, 4) is 0 Å². The molecular formula is C7H15NO2S. The van der Waals surface area contributed by atoms with Crippen molar-refractivity contribution in [2.75, 3.05) is 5.75 Å². The third kappa shape index (κ3) is 2.79. The van der Waals surface area contributed by atoms with Crippen LogP contribution in [0, 0.1) is 11.8 Å². The molecule has 0 spiro atoms. The van der Waals surface area contributed by atoms with Crippen LogP contribution in [0.2, 0.25) is 0 Å². The Kier molecular flexibility index (Phi) is 2.54. The predicted octanol–water partition coefficient (Wildman–Crippen LogP) is 0.711.